The molecule has 140 valence electrons. The van der Waals surface area contributed by atoms with Gasteiger partial charge in [0.1, 0.15) is 0 Å². The molecule has 4 nitrogen and oxygen atoms in total. The topological polar surface area (TPSA) is 36.9 Å². The monoisotopic (exact) mass is 396 g/mol. The lowest BCUT2D eigenvalue weighted by molar-refractivity contribution is 0.0502. The second-order valence-electron chi connectivity index (χ2n) is 5.99. The quantitative estimate of drug-likeness (QED) is 0.431. The largest absolute Gasteiger partial charge is 0.668 e. The van der Waals surface area contributed by atoms with Crippen LogP contribution >= 0.6 is 0 Å². The summed E-state index contributed by atoms with van der Waals surface area (Å²) in [6.07, 6.45) is 0. The van der Waals surface area contributed by atoms with Crippen LogP contribution in [-0.2, 0) is 17.4 Å². The second kappa shape index (κ2) is 8.75. The van der Waals surface area contributed by atoms with Crippen LogP contribution in [0.15, 0.2) is 91.0 Å². The van der Waals surface area contributed by atoms with Crippen LogP contribution in [0.3, 0.4) is 0 Å². The molecule has 0 radical (unpaired) electrons. The minimum atomic E-state index is -3.34. The molecule has 3 aromatic rings. The number of benzene rings is 3. The third kappa shape index (κ3) is 3.82. The summed E-state index contributed by atoms with van der Waals surface area (Å²) in [5, 5.41) is 3.31. The second-order valence-corrected chi connectivity index (χ2v) is 12.1. The van der Waals surface area contributed by atoms with E-state index in [1.807, 2.05) is 54.6 Å². The SMILES string of the molecule is CO[Si](OC)(OC)O[Si](c1ccccc1)(c1ccccc1)c1ccccc1. The molecule has 0 aliphatic rings. The lowest BCUT2D eigenvalue weighted by Crippen LogP contribution is -2.74. The Balaban J connectivity index is 2.32. The van der Waals surface area contributed by atoms with Gasteiger partial charge in [-0.2, -0.15) is 0 Å². The van der Waals surface area contributed by atoms with Crippen LogP contribution in [0.2, 0.25) is 0 Å². The van der Waals surface area contributed by atoms with Crippen molar-refractivity contribution in [3.8, 4) is 0 Å². The first kappa shape index (κ1) is 19.7. The summed E-state index contributed by atoms with van der Waals surface area (Å²) in [6, 6.07) is 30.8. The van der Waals surface area contributed by atoms with E-state index in [0.717, 1.165) is 15.6 Å². The predicted octanol–water partition coefficient (Wildman–Crippen LogP) is 2.04. The molecular weight excluding hydrogens is 372 g/mol. The minimum absolute atomic E-state index is 1.10. The van der Waals surface area contributed by atoms with Gasteiger partial charge in [0.05, 0.1) is 0 Å². The molecule has 0 unspecified atom stereocenters. The van der Waals surface area contributed by atoms with E-state index >= 15 is 0 Å². The van der Waals surface area contributed by atoms with Crippen LogP contribution in [0, 0.1) is 0 Å². The average molecular weight is 397 g/mol. The van der Waals surface area contributed by atoms with Crippen molar-refractivity contribution >= 4 is 32.9 Å². The lowest BCUT2D eigenvalue weighted by atomic mass is 10.3. The van der Waals surface area contributed by atoms with Crippen molar-refractivity contribution in [1.82, 2.24) is 0 Å². The molecule has 0 amide bonds. The van der Waals surface area contributed by atoms with Gasteiger partial charge in [0, 0.05) is 21.3 Å². The number of rotatable bonds is 8. The van der Waals surface area contributed by atoms with Crippen LogP contribution in [0.25, 0.3) is 0 Å². The zero-order valence-electron chi connectivity index (χ0n) is 15.8. The van der Waals surface area contributed by atoms with Crippen molar-refractivity contribution < 1.29 is 17.4 Å². The molecule has 27 heavy (non-hydrogen) atoms. The van der Waals surface area contributed by atoms with Crippen molar-refractivity contribution in [3.63, 3.8) is 0 Å². The Morgan fingerprint density at radius 1 is 0.481 bits per heavy atom. The predicted molar refractivity (Wildman–Crippen MR) is 112 cm³/mol. The Bertz CT molecular complexity index is 720. The first-order valence-electron chi connectivity index (χ1n) is 8.73. The van der Waals surface area contributed by atoms with E-state index in [-0.39, 0.29) is 0 Å². The highest BCUT2D eigenvalue weighted by Gasteiger charge is 2.54. The first-order valence-corrected chi connectivity index (χ1v) is 12.3. The van der Waals surface area contributed by atoms with Crippen LogP contribution in [0.5, 0.6) is 0 Å². The van der Waals surface area contributed by atoms with Crippen molar-refractivity contribution in [2.75, 3.05) is 21.3 Å². The smallest absolute Gasteiger partial charge is 0.381 e. The molecule has 0 atom stereocenters. The molecule has 0 spiro atoms. The Morgan fingerprint density at radius 3 is 1.04 bits per heavy atom. The zero-order valence-corrected chi connectivity index (χ0v) is 17.8. The van der Waals surface area contributed by atoms with E-state index in [2.05, 4.69) is 36.4 Å². The van der Waals surface area contributed by atoms with Crippen molar-refractivity contribution in [2.24, 2.45) is 0 Å². The maximum absolute atomic E-state index is 6.84. The van der Waals surface area contributed by atoms with Crippen LogP contribution in [0.1, 0.15) is 0 Å². The lowest BCUT2D eigenvalue weighted by Gasteiger charge is -2.38. The van der Waals surface area contributed by atoms with Crippen molar-refractivity contribution in [1.29, 1.82) is 0 Å². The molecule has 6 heteroatoms. The molecule has 0 N–H and O–H groups in total. The van der Waals surface area contributed by atoms with E-state index < -0.39 is 17.4 Å². The Labute approximate surface area is 162 Å². The van der Waals surface area contributed by atoms with Gasteiger partial charge in [-0.25, -0.2) is 0 Å². The standard InChI is InChI=1S/C21H24O4Si2/c1-22-27(23-2,24-3)25-26(19-13-7-4-8-14-19,20-15-9-5-10-16-20)21-17-11-6-12-18-21/h4-18H,1-3H3. The van der Waals surface area contributed by atoms with Gasteiger partial charge in [-0.1, -0.05) is 91.0 Å². The molecule has 0 aliphatic heterocycles. The molecule has 0 aliphatic carbocycles. The van der Waals surface area contributed by atoms with Crippen LogP contribution in [0.4, 0.5) is 0 Å². The number of hydrogen-bond acceptors (Lipinski definition) is 4. The summed E-state index contributed by atoms with van der Waals surface area (Å²) in [5.74, 6) is 0. The molecular formula is C21H24O4Si2. The zero-order chi connectivity index (χ0) is 19.2. The summed E-state index contributed by atoms with van der Waals surface area (Å²) in [7, 11) is -1.57. The van der Waals surface area contributed by atoms with Gasteiger partial charge in [0.15, 0.2) is 0 Å². The first-order chi connectivity index (χ1) is 13.2. The van der Waals surface area contributed by atoms with Crippen molar-refractivity contribution in [2.45, 2.75) is 0 Å². The maximum Gasteiger partial charge on any atom is 0.668 e. The fourth-order valence-corrected chi connectivity index (χ4v) is 10.7. The van der Waals surface area contributed by atoms with E-state index in [4.69, 9.17) is 17.4 Å². The normalized spacial score (nSPS) is 12.1. The third-order valence-corrected chi connectivity index (χ3v) is 11.7. The summed E-state index contributed by atoms with van der Waals surface area (Å²) in [6.45, 7) is 0. The number of hydrogen-bond donors (Lipinski definition) is 0. The van der Waals surface area contributed by atoms with Gasteiger partial charge in [0.25, 0.3) is 8.32 Å². The van der Waals surface area contributed by atoms with Crippen LogP contribution < -0.4 is 15.6 Å². The van der Waals surface area contributed by atoms with Gasteiger partial charge < -0.3 is 17.4 Å². The molecule has 0 saturated carbocycles. The molecule has 0 bridgehead atoms. The fraction of sp³-hybridized carbons (Fsp3) is 0.143. The molecule has 3 rings (SSSR count). The van der Waals surface area contributed by atoms with Gasteiger partial charge in [0.2, 0.25) is 0 Å². The van der Waals surface area contributed by atoms with E-state index in [1.165, 1.54) is 0 Å². The molecule has 3 aromatic carbocycles. The molecule has 0 heterocycles. The maximum atomic E-state index is 6.84. The van der Waals surface area contributed by atoms with Gasteiger partial charge in [-0.05, 0) is 15.6 Å². The Kier molecular flexibility index (Phi) is 6.38. The molecule has 0 fully saturated rings. The van der Waals surface area contributed by atoms with Gasteiger partial charge in [-0.15, -0.1) is 0 Å². The van der Waals surface area contributed by atoms with Crippen molar-refractivity contribution in [3.05, 3.63) is 91.0 Å². The van der Waals surface area contributed by atoms with E-state index in [1.54, 1.807) is 21.3 Å². The average Bonchev–Trinajstić information content (AvgIpc) is 2.77. The van der Waals surface area contributed by atoms with Crippen LogP contribution in [-0.4, -0.2) is 38.7 Å². The summed E-state index contributed by atoms with van der Waals surface area (Å²) >= 11 is 0. The van der Waals surface area contributed by atoms with Gasteiger partial charge >= 0.3 is 9.05 Å². The Morgan fingerprint density at radius 2 is 0.778 bits per heavy atom. The fourth-order valence-electron chi connectivity index (χ4n) is 3.26. The summed E-state index contributed by atoms with van der Waals surface area (Å²) < 4.78 is 23.8. The Hall–Kier alpha value is -2.07. The highest BCUT2D eigenvalue weighted by atomic mass is 28.5. The summed E-state index contributed by atoms with van der Waals surface area (Å²) in [4.78, 5) is 0. The highest BCUT2D eigenvalue weighted by molar-refractivity contribution is 7.09. The molecule has 0 aromatic heterocycles. The third-order valence-electron chi connectivity index (χ3n) is 4.57. The van der Waals surface area contributed by atoms with E-state index in [9.17, 15) is 0 Å². The highest BCUT2D eigenvalue weighted by Crippen LogP contribution is 2.18. The van der Waals surface area contributed by atoms with Gasteiger partial charge in [-0.3, -0.25) is 0 Å². The van der Waals surface area contributed by atoms with E-state index in [0.29, 0.717) is 0 Å². The molecule has 0 saturated heterocycles. The minimum Gasteiger partial charge on any atom is -0.381 e. The summed E-state index contributed by atoms with van der Waals surface area (Å²) in [5.41, 5.74) is 0.